The SMILES string of the molecule is CC(N)c1ccccc1.CNC(C=O)C1CC1. The van der Waals surface area contributed by atoms with Crippen LogP contribution in [0.4, 0.5) is 0 Å². The first-order chi connectivity index (χ1) is 8.19. The summed E-state index contributed by atoms with van der Waals surface area (Å²) >= 11 is 0. The van der Waals surface area contributed by atoms with Crippen LogP contribution in [0.15, 0.2) is 30.3 Å². The van der Waals surface area contributed by atoms with Crippen LogP contribution in [0.2, 0.25) is 0 Å². The summed E-state index contributed by atoms with van der Waals surface area (Å²) in [7, 11) is 1.83. The minimum Gasteiger partial charge on any atom is -0.324 e. The Hall–Kier alpha value is -1.19. The van der Waals surface area contributed by atoms with Crippen molar-refractivity contribution in [3.05, 3.63) is 35.9 Å². The van der Waals surface area contributed by atoms with E-state index in [1.54, 1.807) is 0 Å². The van der Waals surface area contributed by atoms with Gasteiger partial charge in [0, 0.05) is 6.04 Å². The van der Waals surface area contributed by atoms with E-state index >= 15 is 0 Å². The number of aldehydes is 1. The molecule has 3 nitrogen and oxygen atoms in total. The predicted molar refractivity (Wildman–Crippen MR) is 70.7 cm³/mol. The zero-order valence-electron chi connectivity index (χ0n) is 10.6. The molecule has 1 aliphatic carbocycles. The Labute approximate surface area is 103 Å². The molecule has 0 saturated heterocycles. The summed E-state index contributed by atoms with van der Waals surface area (Å²) in [5.41, 5.74) is 6.81. The van der Waals surface area contributed by atoms with Crippen molar-refractivity contribution in [1.82, 2.24) is 5.32 Å². The number of nitrogens with one attached hydrogen (secondary N) is 1. The molecule has 3 heteroatoms. The molecule has 94 valence electrons. The van der Waals surface area contributed by atoms with Crippen LogP contribution in [-0.2, 0) is 4.79 Å². The van der Waals surface area contributed by atoms with Crippen molar-refractivity contribution in [1.29, 1.82) is 0 Å². The number of benzene rings is 1. The van der Waals surface area contributed by atoms with Gasteiger partial charge in [0.15, 0.2) is 0 Å². The smallest absolute Gasteiger partial charge is 0.137 e. The summed E-state index contributed by atoms with van der Waals surface area (Å²) in [6.45, 7) is 1.98. The van der Waals surface area contributed by atoms with Crippen LogP contribution in [-0.4, -0.2) is 19.4 Å². The summed E-state index contributed by atoms with van der Waals surface area (Å²) < 4.78 is 0. The molecule has 1 aliphatic rings. The lowest BCUT2D eigenvalue weighted by Gasteiger charge is -2.03. The summed E-state index contributed by atoms with van der Waals surface area (Å²) in [5, 5.41) is 2.95. The third-order valence-corrected chi connectivity index (χ3v) is 2.94. The molecule has 2 atom stereocenters. The van der Waals surface area contributed by atoms with Gasteiger partial charge >= 0.3 is 0 Å². The fraction of sp³-hybridized carbons (Fsp3) is 0.500. The Kier molecular flexibility index (Phi) is 5.87. The van der Waals surface area contributed by atoms with E-state index in [2.05, 4.69) is 5.32 Å². The lowest BCUT2D eigenvalue weighted by atomic mass is 10.1. The zero-order valence-corrected chi connectivity index (χ0v) is 10.6. The summed E-state index contributed by atoms with van der Waals surface area (Å²) in [6.07, 6.45) is 3.45. The van der Waals surface area contributed by atoms with Gasteiger partial charge in [-0.15, -0.1) is 0 Å². The standard InChI is InChI=1S/C8H11N.C6H11NO/c1-7(9)8-5-3-2-4-6-8;1-7-6(4-8)5-2-3-5/h2-7H,9H2,1H3;4-7H,2-3H2,1H3. The van der Waals surface area contributed by atoms with Gasteiger partial charge in [-0.05, 0) is 38.3 Å². The van der Waals surface area contributed by atoms with Gasteiger partial charge in [-0.1, -0.05) is 30.3 Å². The zero-order chi connectivity index (χ0) is 12.7. The van der Waals surface area contributed by atoms with Crippen LogP contribution < -0.4 is 11.1 Å². The van der Waals surface area contributed by atoms with E-state index in [0.717, 1.165) is 6.29 Å². The number of hydrogen-bond acceptors (Lipinski definition) is 3. The second-order valence-corrected chi connectivity index (χ2v) is 4.49. The van der Waals surface area contributed by atoms with Crippen molar-refractivity contribution >= 4 is 6.29 Å². The predicted octanol–water partition coefficient (Wildman–Crippen LogP) is 1.89. The number of carbonyl (C=O) groups excluding carboxylic acids is 1. The van der Waals surface area contributed by atoms with E-state index < -0.39 is 0 Å². The monoisotopic (exact) mass is 234 g/mol. The van der Waals surface area contributed by atoms with E-state index in [4.69, 9.17) is 5.73 Å². The number of nitrogens with two attached hydrogens (primary N) is 1. The fourth-order valence-corrected chi connectivity index (χ4v) is 1.63. The van der Waals surface area contributed by atoms with Crippen LogP contribution in [0, 0.1) is 5.92 Å². The van der Waals surface area contributed by atoms with Crippen LogP contribution in [0.1, 0.15) is 31.4 Å². The van der Waals surface area contributed by atoms with Gasteiger partial charge in [0.05, 0.1) is 6.04 Å². The van der Waals surface area contributed by atoms with Gasteiger partial charge in [0.2, 0.25) is 0 Å². The summed E-state index contributed by atoms with van der Waals surface area (Å²) in [5.74, 6) is 0.650. The molecule has 1 saturated carbocycles. The second-order valence-electron chi connectivity index (χ2n) is 4.49. The lowest BCUT2D eigenvalue weighted by molar-refractivity contribution is -0.109. The Morgan fingerprint density at radius 3 is 2.18 bits per heavy atom. The third-order valence-electron chi connectivity index (χ3n) is 2.94. The topological polar surface area (TPSA) is 55.1 Å². The molecule has 0 amide bonds. The maximum atomic E-state index is 10.2. The van der Waals surface area contributed by atoms with Gasteiger partial charge in [0.25, 0.3) is 0 Å². The first kappa shape index (κ1) is 13.9. The maximum absolute atomic E-state index is 10.2. The van der Waals surface area contributed by atoms with E-state index in [1.165, 1.54) is 18.4 Å². The minimum atomic E-state index is 0.134. The van der Waals surface area contributed by atoms with Gasteiger partial charge in [-0.2, -0.15) is 0 Å². The van der Waals surface area contributed by atoms with E-state index in [9.17, 15) is 4.79 Å². The van der Waals surface area contributed by atoms with E-state index in [1.807, 2.05) is 44.3 Å². The van der Waals surface area contributed by atoms with Crippen LogP contribution in [0.25, 0.3) is 0 Å². The number of likely N-dealkylation sites (N-methyl/N-ethyl adjacent to an activating group) is 1. The van der Waals surface area contributed by atoms with Crippen molar-refractivity contribution < 1.29 is 4.79 Å². The Morgan fingerprint density at radius 2 is 1.94 bits per heavy atom. The molecule has 0 spiro atoms. The third kappa shape index (κ3) is 5.11. The molecule has 2 unspecified atom stereocenters. The van der Waals surface area contributed by atoms with Crippen molar-refractivity contribution in [2.24, 2.45) is 11.7 Å². The van der Waals surface area contributed by atoms with E-state index in [-0.39, 0.29) is 12.1 Å². The number of carbonyl (C=O) groups is 1. The van der Waals surface area contributed by atoms with Crippen molar-refractivity contribution in [2.75, 3.05) is 7.05 Å². The highest BCUT2D eigenvalue weighted by Gasteiger charge is 2.29. The molecule has 1 aromatic rings. The van der Waals surface area contributed by atoms with Crippen LogP contribution >= 0.6 is 0 Å². The number of rotatable bonds is 4. The fourth-order valence-electron chi connectivity index (χ4n) is 1.63. The molecule has 0 radical (unpaired) electrons. The highest BCUT2D eigenvalue weighted by molar-refractivity contribution is 5.58. The van der Waals surface area contributed by atoms with Gasteiger partial charge < -0.3 is 15.8 Å². The number of hydrogen-bond donors (Lipinski definition) is 2. The summed E-state index contributed by atoms with van der Waals surface area (Å²) in [6, 6.07) is 10.3. The molecule has 2 rings (SSSR count). The van der Waals surface area contributed by atoms with Crippen molar-refractivity contribution in [3.63, 3.8) is 0 Å². The van der Waals surface area contributed by atoms with Crippen LogP contribution in [0.5, 0.6) is 0 Å². The van der Waals surface area contributed by atoms with Gasteiger partial charge in [0.1, 0.15) is 6.29 Å². The molecule has 0 heterocycles. The quantitative estimate of drug-likeness (QED) is 0.782. The maximum Gasteiger partial charge on any atom is 0.137 e. The van der Waals surface area contributed by atoms with Crippen LogP contribution in [0.3, 0.4) is 0 Å². The molecule has 0 bridgehead atoms. The highest BCUT2D eigenvalue weighted by atomic mass is 16.1. The molecule has 0 aromatic heterocycles. The molecule has 0 aliphatic heterocycles. The summed E-state index contributed by atoms with van der Waals surface area (Å²) in [4.78, 5) is 10.2. The van der Waals surface area contributed by atoms with E-state index in [0.29, 0.717) is 5.92 Å². The molecule has 1 aromatic carbocycles. The molecule has 1 fully saturated rings. The Morgan fingerprint density at radius 1 is 1.35 bits per heavy atom. The molecule has 17 heavy (non-hydrogen) atoms. The normalized spacial score (nSPS) is 17.6. The Bertz CT molecular complexity index is 320. The Balaban J connectivity index is 0.000000171. The average Bonchev–Trinajstić information content (AvgIpc) is 3.17. The minimum absolute atomic E-state index is 0.134. The van der Waals surface area contributed by atoms with Crippen molar-refractivity contribution in [2.45, 2.75) is 31.8 Å². The molecule has 3 N–H and O–H groups in total. The first-order valence-corrected chi connectivity index (χ1v) is 6.12. The largest absolute Gasteiger partial charge is 0.324 e. The average molecular weight is 234 g/mol. The first-order valence-electron chi connectivity index (χ1n) is 6.12. The molecular weight excluding hydrogens is 212 g/mol. The molecular formula is C14H22N2O. The second kappa shape index (κ2) is 7.20. The van der Waals surface area contributed by atoms with Gasteiger partial charge in [-0.3, -0.25) is 0 Å². The lowest BCUT2D eigenvalue weighted by Crippen LogP contribution is -2.28. The van der Waals surface area contributed by atoms with Crippen molar-refractivity contribution in [3.8, 4) is 0 Å². The van der Waals surface area contributed by atoms with Gasteiger partial charge in [-0.25, -0.2) is 0 Å². The highest BCUT2D eigenvalue weighted by Crippen LogP contribution is 2.31.